The van der Waals surface area contributed by atoms with E-state index < -0.39 is 12.1 Å². The van der Waals surface area contributed by atoms with Gasteiger partial charge in [0.1, 0.15) is 11.9 Å². The molecule has 0 fully saturated rings. The molecule has 2 aromatic rings. The minimum Gasteiger partial charge on any atom is -0.453 e. The highest BCUT2D eigenvalue weighted by Crippen LogP contribution is 2.24. The molecule has 20 heavy (non-hydrogen) atoms. The number of ether oxygens (including phenoxy) is 1. The highest BCUT2D eigenvalue weighted by Gasteiger charge is 2.18. The number of hydrogen-bond donors (Lipinski definition) is 0. The van der Waals surface area contributed by atoms with Crippen LogP contribution in [0.2, 0.25) is 5.02 Å². The van der Waals surface area contributed by atoms with Crippen LogP contribution in [0.1, 0.15) is 22.0 Å². The molecule has 0 N–H and O–H groups in total. The fourth-order valence-corrected chi connectivity index (χ4v) is 2.59. The third-order valence-electron chi connectivity index (χ3n) is 2.73. The molecule has 0 radical (unpaired) electrons. The molecular weight excluding hydrogens is 394 g/mol. The Bertz CT molecular complexity index is 601. The van der Waals surface area contributed by atoms with Gasteiger partial charge >= 0.3 is 5.97 Å². The van der Waals surface area contributed by atoms with Crippen molar-refractivity contribution in [2.24, 2.45) is 0 Å². The first-order valence-corrected chi connectivity index (χ1v) is 7.79. The van der Waals surface area contributed by atoms with Crippen LogP contribution in [-0.4, -0.2) is 10.4 Å². The summed E-state index contributed by atoms with van der Waals surface area (Å²) in [6.07, 6.45) is -0.431. The zero-order chi connectivity index (χ0) is 14.5. The molecule has 0 bridgehead atoms. The van der Waals surface area contributed by atoms with Gasteiger partial charge in [-0.2, -0.15) is 0 Å². The summed E-state index contributed by atoms with van der Waals surface area (Å²) >= 11 is 8.08. The lowest BCUT2D eigenvalue weighted by molar-refractivity contribution is 0.0353. The Morgan fingerprint density at radius 1 is 1.20 bits per heavy atom. The normalized spacial score (nSPS) is 11.9. The first-order chi connectivity index (χ1) is 9.61. The van der Waals surface area contributed by atoms with Crippen molar-refractivity contribution in [1.82, 2.24) is 0 Å². The monoisotopic (exact) mass is 404 g/mol. The largest absolute Gasteiger partial charge is 0.453 e. The maximum absolute atomic E-state index is 12.9. The van der Waals surface area contributed by atoms with E-state index in [9.17, 15) is 9.18 Å². The van der Waals surface area contributed by atoms with E-state index in [2.05, 4.69) is 22.6 Å². The van der Waals surface area contributed by atoms with Gasteiger partial charge in [0.15, 0.2) is 0 Å². The van der Waals surface area contributed by atoms with Crippen molar-refractivity contribution in [2.75, 3.05) is 4.43 Å². The fourth-order valence-electron chi connectivity index (χ4n) is 1.69. The molecule has 104 valence electrons. The fraction of sp³-hybridized carbons (Fsp3) is 0.133. The smallest absolute Gasteiger partial charge is 0.340 e. The maximum Gasteiger partial charge on any atom is 0.340 e. The van der Waals surface area contributed by atoms with Gasteiger partial charge in [-0.1, -0.05) is 58.5 Å². The van der Waals surface area contributed by atoms with Gasteiger partial charge < -0.3 is 4.74 Å². The number of benzene rings is 2. The number of carbonyl (C=O) groups excluding carboxylic acids is 1. The molecule has 0 aromatic heterocycles. The van der Waals surface area contributed by atoms with Gasteiger partial charge in [-0.25, -0.2) is 9.18 Å². The molecule has 0 saturated carbocycles. The van der Waals surface area contributed by atoms with Gasteiger partial charge in [0.25, 0.3) is 0 Å². The minimum absolute atomic E-state index is 0.321. The van der Waals surface area contributed by atoms with Crippen molar-refractivity contribution < 1.29 is 13.9 Å². The molecule has 0 amide bonds. The summed E-state index contributed by atoms with van der Waals surface area (Å²) in [6, 6.07) is 12.6. The molecule has 0 saturated heterocycles. The number of esters is 1. The molecule has 0 heterocycles. The molecule has 2 aromatic carbocycles. The molecular formula is C15H11ClFIO2. The second-order valence-corrected chi connectivity index (χ2v) is 5.37. The van der Waals surface area contributed by atoms with Gasteiger partial charge in [0, 0.05) is 4.43 Å². The van der Waals surface area contributed by atoms with Gasteiger partial charge in [-0.3, -0.25) is 0 Å². The van der Waals surface area contributed by atoms with Crippen LogP contribution in [0.3, 0.4) is 0 Å². The third kappa shape index (κ3) is 3.70. The Kier molecular flexibility index (Phi) is 5.37. The molecule has 0 aliphatic heterocycles. The van der Waals surface area contributed by atoms with Crippen LogP contribution in [0.4, 0.5) is 4.39 Å². The molecule has 2 nitrogen and oxygen atoms in total. The van der Waals surface area contributed by atoms with Crippen LogP contribution in [-0.2, 0) is 4.74 Å². The van der Waals surface area contributed by atoms with Crippen molar-refractivity contribution in [3.05, 3.63) is 70.5 Å². The van der Waals surface area contributed by atoms with Crippen LogP contribution in [0.5, 0.6) is 0 Å². The van der Waals surface area contributed by atoms with Crippen LogP contribution >= 0.6 is 34.2 Å². The van der Waals surface area contributed by atoms with Crippen LogP contribution in [0.15, 0.2) is 48.5 Å². The summed E-state index contributed by atoms with van der Waals surface area (Å²) in [7, 11) is 0. The van der Waals surface area contributed by atoms with Crippen LogP contribution in [0.25, 0.3) is 0 Å². The molecule has 0 aliphatic carbocycles. The third-order valence-corrected chi connectivity index (χ3v) is 3.85. The number of hydrogen-bond acceptors (Lipinski definition) is 2. The van der Waals surface area contributed by atoms with E-state index in [-0.39, 0.29) is 5.82 Å². The van der Waals surface area contributed by atoms with Gasteiger partial charge in [0.2, 0.25) is 0 Å². The lowest BCUT2D eigenvalue weighted by Gasteiger charge is -2.16. The Morgan fingerprint density at radius 2 is 1.85 bits per heavy atom. The van der Waals surface area contributed by atoms with Crippen molar-refractivity contribution in [2.45, 2.75) is 6.10 Å². The molecule has 1 unspecified atom stereocenters. The van der Waals surface area contributed by atoms with Crippen molar-refractivity contribution >= 4 is 40.2 Å². The van der Waals surface area contributed by atoms with Gasteiger partial charge in [-0.05, 0) is 29.8 Å². The highest BCUT2D eigenvalue weighted by molar-refractivity contribution is 14.1. The van der Waals surface area contributed by atoms with Crippen molar-refractivity contribution in [3.8, 4) is 0 Å². The Morgan fingerprint density at radius 3 is 2.45 bits per heavy atom. The highest BCUT2D eigenvalue weighted by atomic mass is 127. The zero-order valence-electron chi connectivity index (χ0n) is 10.4. The van der Waals surface area contributed by atoms with E-state index in [4.69, 9.17) is 16.3 Å². The van der Waals surface area contributed by atoms with Gasteiger partial charge in [0.05, 0.1) is 10.6 Å². The molecule has 0 aliphatic rings. The SMILES string of the molecule is O=C(OC(CI)c1ccc(F)cc1)c1ccccc1Cl. The molecule has 2 rings (SSSR count). The zero-order valence-corrected chi connectivity index (χ0v) is 13.3. The summed E-state index contributed by atoms with van der Waals surface area (Å²) < 4.78 is 18.9. The Labute approximate surface area is 135 Å². The van der Waals surface area contributed by atoms with Crippen LogP contribution < -0.4 is 0 Å². The molecule has 1 atom stereocenters. The maximum atomic E-state index is 12.9. The predicted octanol–water partition coefficient (Wildman–Crippen LogP) is 4.81. The second-order valence-electron chi connectivity index (χ2n) is 4.08. The predicted molar refractivity (Wildman–Crippen MR) is 84.9 cm³/mol. The summed E-state index contributed by atoms with van der Waals surface area (Å²) in [4.78, 5) is 12.1. The van der Waals surface area contributed by atoms with E-state index in [1.807, 2.05) is 0 Å². The van der Waals surface area contributed by atoms with Crippen molar-refractivity contribution in [1.29, 1.82) is 0 Å². The second kappa shape index (κ2) is 7.04. The average molecular weight is 405 g/mol. The number of rotatable bonds is 4. The number of carbonyl (C=O) groups is 1. The minimum atomic E-state index is -0.485. The number of alkyl halides is 1. The molecule has 0 spiro atoms. The standard InChI is InChI=1S/C15H11ClFIO2/c16-13-4-2-1-3-12(13)15(19)20-14(9-18)10-5-7-11(17)8-6-10/h1-8,14H,9H2. The van der Waals surface area contributed by atoms with Gasteiger partial charge in [-0.15, -0.1) is 0 Å². The van der Waals surface area contributed by atoms with E-state index in [0.717, 1.165) is 5.56 Å². The van der Waals surface area contributed by atoms with Crippen LogP contribution in [0, 0.1) is 5.82 Å². The van der Waals surface area contributed by atoms with E-state index >= 15 is 0 Å². The molecule has 5 heteroatoms. The summed E-state index contributed by atoms with van der Waals surface area (Å²) in [5.74, 6) is -0.806. The van der Waals surface area contributed by atoms with E-state index in [1.54, 1.807) is 36.4 Å². The summed E-state index contributed by atoms with van der Waals surface area (Å²) in [5.41, 5.74) is 1.08. The van der Waals surface area contributed by atoms with E-state index in [1.165, 1.54) is 12.1 Å². The summed E-state index contributed by atoms with van der Waals surface area (Å²) in [5, 5.41) is 0.351. The Balaban J connectivity index is 2.16. The lowest BCUT2D eigenvalue weighted by Crippen LogP contribution is -2.13. The quantitative estimate of drug-likeness (QED) is 0.415. The number of halogens is 3. The van der Waals surface area contributed by atoms with Crippen molar-refractivity contribution in [3.63, 3.8) is 0 Å². The first kappa shape index (κ1) is 15.3. The lowest BCUT2D eigenvalue weighted by atomic mass is 10.1. The topological polar surface area (TPSA) is 26.3 Å². The average Bonchev–Trinajstić information content (AvgIpc) is 2.46. The Hall–Kier alpha value is -1.14. The van der Waals surface area contributed by atoms with E-state index in [0.29, 0.717) is 15.0 Å². The first-order valence-electron chi connectivity index (χ1n) is 5.88. The summed E-state index contributed by atoms with van der Waals surface area (Å²) in [6.45, 7) is 0.